The predicted octanol–water partition coefficient (Wildman–Crippen LogP) is 3.14. The quantitative estimate of drug-likeness (QED) is 0.235. The lowest BCUT2D eigenvalue weighted by atomic mass is 10.1. The molecule has 8 heteroatoms. The Morgan fingerprint density at radius 3 is 2.67 bits per heavy atom. The van der Waals surface area contributed by atoms with Crippen LogP contribution in [0.2, 0.25) is 0 Å². The van der Waals surface area contributed by atoms with E-state index in [2.05, 4.69) is 49.0 Å². The summed E-state index contributed by atoms with van der Waals surface area (Å²) in [6.45, 7) is 4.91. The van der Waals surface area contributed by atoms with E-state index in [1.807, 2.05) is 25.5 Å². The van der Waals surface area contributed by atoms with Crippen LogP contribution in [0.15, 0.2) is 47.7 Å². The molecule has 2 heterocycles. The molecule has 0 saturated carbocycles. The molecule has 7 nitrogen and oxygen atoms in total. The maximum atomic E-state index is 5.96. The number of imidazole rings is 1. The number of piperidine rings is 1. The van der Waals surface area contributed by atoms with E-state index in [9.17, 15) is 0 Å². The molecule has 1 aromatic heterocycles. The number of ether oxygens (including phenoxy) is 2. The molecule has 1 fully saturated rings. The first-order chi connectivity index (χ1) is 14.3. The van der Waals surface area contributed by atoms with Crippen molar-refractivity contribution in [3.63, 3.8) is 0 Å². The number of aromatic nitrogens is 2. The van der Waals surface area contributed by atoms with Gasteiger partial charge in [-0.3, -0.25) is 4.99 Å². The summed E-state index contributed by atoms with van der Waals surface area (Å²) in [4.78, 5) is 11.3. The summed E-state index contributed by atoms with van der Waals surface area (Å²) < 4.78 is 13.2. The number of halogens is 1. The van der Waals surface area contributed by atoms with Gasteiger partial charge in [0.2, 0.25) is 0 Å². The van der Waals surface area contributed by atoms with E-state index in [-0.39, 0.29) is 24.0 Å². The Labute approximate surface area is 196 Å². The molecule has 30 heavy (non-hydrogen) atoms. The van der Waals surface area contributed by atoms with Gasteiger partial charge in [0.1, 0.15) is 5.82 Å². The lowest BCUT2D eigenvalue weighted by molar-refractivity contribution is 0.00989. The fourth-order valence-electron chi connectivity index (χ4n) is 3.61. The number of guanidine groups is 1. The van der Waals surface area contributed by atoms with Crippen molar-refractivity contribution in [1.82, 2.24) is 19.8 Å². The van der Waals surface area contributed by atoms with Crippen molar-refractivity contribution in [2.24, 2.45) is 4.99 Å². The van der Waals surface area contributed by atoms with Gasteiger partial charge >= 0.3 is 0 Å². The van der Waals surface area contributed by atoms with Crippen molar-refractivity contribution < 1.29 is 9.47 Å². The molecule has 0 aliphatic carbocycles. The van der Waals surface area contributed by atoms with E-state index in [1.54, 1.807) is 7.11 Å². The molecule has 0 bridgehead atoms. The highest BCUT2D eigenvalue weighted by Gasteiger charge is 2.22. The fourth-order valence-corrected chi connectivity index (χ4v) is 3.61. The number of aliphatic imine (C=N–C) groups is 1. The highest BCUT2D eigenvalue weighted by molar-refractivity contribution is 14.0. The first-order valence-corrected chi connectivity index (χ1v) is 10.4. The Hall–Kier alpha value is -1.65. The second-order valence-corrected chi connectivity index (χ2v) is 7.26. The molecule has 0 amide bonds. The molecule has 0 unspecified atom stereocenters. The molecule has 2 aromatic rings. The highest BCUT2D eigenvalue weighted by atomic mass is 127. The summed E-state index contributed by atoms with van der Waals surface area (Å²) in [5, 5.41) is 3.48. The zero-order valence-corrected chi connectivity index (χ0v) is 20.3. The van der Waals surface area contributed by atoms with Crippen molar-refractivity contribution in [3.05, 3.63) is 54.1 Å². The Kier molecular flexibility index (Phi) is 11.2. The van der Waals surface area contributed by atoms with Gasteiger partial charge in [-0.15, -0.1) is 24.0 Å². The van der Waals surface area contributed by atoms with Crippen LogP contribution < -0.4 is 5.32 Å². The van der Waals surface area contributed by atoms with Gasteiger partial charge in [0.05, 0.1) is 12.6 Å². The maximum Gasteiger partial charge on any atom is 0.194 e. The molecule has 0 radical (unpaired) electrons. The second-order valence-electron chi connectivity index (χ2n) is 7.26. The standard InChI is InChI=1S/C22H33N5O2.HI/c1-23-22(26-12-9-20(10-13-26)29-16-6-15-28-2)25-17-21-24-11-14-27(21)18-19-7-4-3-5-8-19;/h3-5,7-8,11,14,20H,6,9-10,12-13,15-18H2,1-2H3,(H,23,25);1H. The van der Waals surface area contributed by atoms with Gasteiger partial charge in [0.15, 0.2) is 5.96 Å². The van der Waals surface area contributed by atoms with Crippen molar-refractivity contribution in [1.29, 1.82) is 0 Å². The molecular weight excluding hydrogens is 493 g/mol. The minimum Gasteiger partial charge on any atom is -0.385 e. The normalized spacial score (nSPS) is 15.1. The molecule has 166 valence electrons. The van der Waals surface area contributed by atoms with Crippen molar-refractivity contribution >= 4 is 29.9 Å². The first-order valence-electron chi connectivity index (χ1n) is 10.4. The summed E-state index contributed by atoms with van der Waals surface area (Å²) in [7, 11) is 3.57. The Morgan fingerprint density at radius 2 is 1.97 bits per heavy atom. The maximum absolute atomic E-state index is 5.96. The van der Waals surface area contributed by atoms with E-state index in [4.69, 9.17) is 9.47 Å². The van der Waals surface area contributed by atoms with Crippen LogP contribution in [0.4, 0.5) is 0 Å². The van der Waals surface area contributed by atoms with Gasteiger partial charge < -0.3 is 24.3 Å². The number of hydrogen-bond donors (Lipinski definition) is 1. The number of rotatable bonds is 9. The molecule has 1 aliphatic heterocycles. The third-order valence-corrected chi connectivity index (χ3v) is 5.20. The summed E-state index contributed by atoms with van der Waals surface area (Å²) in [6, 6.07) is 10.4. The lowest BCUT2D eigenvalue weighted by Gasteiger charge is -2.34. The average molecular weight is 527 g/mol. The van der Waals surface area contributed by atoms with E-state index in [0.717, 1.165) is 63.9 Å². The lowest BCUT2D eigenvalue weighted by Crippen LogP contribution is -2.47. The predicted molar refractivity (Wildman–Crippen MR) is 130 cm³/mol. The van der Waals surface area contributed by atoms with Crippen LogP contribution in [0, 0.1) is 0 Å². The molecule has 3 rings (SSSR count). The molecule has 0 atom stereocenters. The molecule has 1 N–H and O–H groups in total. The van der Waals surface area contributed by atoms with Crippen LogP contribution >= 0.6 is 24.0 Å². The molecule has 1 aliphatic rings. The van der Waals surface area contributed by atoms with Crippen LogP contribution in [-0.2, 0) is 22.6 Å². The van der Waals surface area contributed by atoms with Gasteiger partial charge in [0.25, 0.3) is 0 Å². The SMILES string of the molecule is CN=C(NCc1nccn1Cc1ccccc1)N1CCC(OCCCOC)CC1.I. The van der Waals surface area contributed by atoms with Crippen molar-refractivity contribution in [3.8, 4) is 0 Å². The first kappa shape index (κ1) is 24.6. The number of methoxy groups -OCH3 is 1. The monoisotopic (exact) mass is 527 g/mol. The van der Waals surface area contributed by atoms with E-state index in [1.165, 1.54) is 5.56 Å². The third kappa shape index (κ3) is 7.55. The summed E-state index contributed by atoms with van der Waals surface area (Å²) >= 11 is 0. The van der Waals surface area contributed by atoms with Crippen molar-refractivity contribution in [2.45, 2.75) is 38.5 Å². The smallest absolute Gasteiger partial charge is 0.194 e. The average Bonchev–Trinajstić information content (AvgIpc) is 3.20. The largest absolute Gasteiger partial charge is 0.385 e. The highest BCUT2D eigenvalue weighted by Crippen LogP contribution is 2.14. The summed E-state index contributed by atoms with van der Waals surface area (Å²) in [6.07, 6.45) is 7.22. The molecule has 0 spiro atoms. The van der Waals surface area contributed by atoms with E-state index in [0.29, 0.717) is 12.6 Å². The van der Waals surface area contributed by atoms with Crippen LogP contribution in [0.1, 0.15) is 30.7 Å². The molecule has 1 saturated heterocycles. The van der Waals surface area contributed by atoms with Crippen molar-refractivity contribution in [2.75, 3.05) is 40.5 Å². The zero-order chi connectivity index (χ0) is 20.3. The van der Waals surface area contributed by atoms with Gasteiger partial charge in [0, 0.05) is 59.4 Å². The molecular formula is C22H34IN5O2. The third-order valence-electron chi connectivity index (χ3n) is 5.20. The zero-order valence-electron chi connectivity index (χ0n) is 18.0. The second kappa shape index (κ2) is 13.6. The van der Waals surface area contributed by atoms with Gasteiger partial charge in [-0.25, -0.2) is 4.98 Å². The van der Waals surface area contributed by atoms with Crippen LogP contribution in [-0.4, -0.2) is 67.0 Å². The number of likely N-dealkylation sites (tertiary alicyclic amines) is 1. The Balaban J connectivity index is 0.00000320. The summed E-state index contributed by atoms with van der Waals surface area (Å²) in [5.74, 6) is 1.93. The summed E-state index contributed by atoms with van der Waals surface area (Å²) in [5.41, 5.74) is 1.27. The number of benzene rings is 1. The number of hydrogen-bond acceptors (Lipinski definition) is 4. The van der Waals surface area contributed by atoms with Crippen LogP contribution in [0.3, 0.4) is 0 Å². The van der Waals surface area contributed by atoms with Crippen LogP contribution in [0.5, 0.6) is 0 Å². The number of nitrogens with zero attached hydrogens (tertiary/aromatic N) is 4. The minimum atomic E-state index is 0. The van der Waals surface area contributed by atoms with Gasteiger partial charge in [-0.1, -0.05) is 30.3 Å². The fraction of sp³-hybridized carbons (Fsp3) is 0.545. The minimum absolute atomic E-state index is 0. The number of nitrogens with one attached hydrogen (secondary N) is 1. The Bertz CT molecular complexity index is 745. The van der Waals surface area contributed by atoms with Gasteiger partial charge in [-0.05, 0) is 24.8 Å². The Morgan fingerprint density at radius 1 is 1.20 bits per heavy atom. The van der Waals surface area contributed by atoms with E-state index >= 15 is 0 Å². The van der Waals surface area contributed by atoms with E-state index < -0.39 is 0 Å². The van der Waals surface area contributed by atoms with Crippen LogP contribution in [0.25, 0.3) is 0 Å². The molecule has 1 aromatic carbocycles. The van der Waals surface area contributed by atoms with Gasteiger partial charge in [-0.2, -0.15) is 0 Å². The topological polar surface area (TPSA) is 63.9 Å².